The topological polar surface area (TPSA) is 47.5 Å². The molecule has 2 rings (SSSR count). The first-order chi connectivity index (χ1) is 6.20. The van der Waals surface area contributed by atoms with Crippen molar-refractivity contribution in [3.8, 4) is 0 Å². The maximum Gasteiger partial charge on any atom is 0.214 e. The number of aromatic nitrogens is 1. The minimum Gasteiger partial charge on any atom is -0.370 e. The number of hydrogen-bond donors (Lipinski definition) is 1. The first-order valence-electron chi connectivity index (χ1n) is 3.98. The molecule has 0 aliphatic rings. The number of primary amides is 1. The molecule has 0 unspecified atom stereocenters. The fourth-order valence-corrected chi connectivity index (χ4v) is 0.980. The Morgan fingerprint density at radius 1 is 1.23 bits per heavy atom. The van der Waals surface area contributed by atoms with Crippen LogP contribution in [0.1, 0.15) is 6.92 Å². The minimum absolute atomic E-state index is 0.333. The van der Waals surface area contributed by atoms with Crippen molar-refractivity contribution >= 4 is 11.4 Å². The predicted octanol–water partition coefficient (Wildman–Crippen LogP) is 1.43. The van der Waals surface area contributed by atoms with Crippen molar-refractivity contribution in [3.05, 3.63) is 42.7 Å². The van der Waals surface area contributed by atoms with Gasteiger partial charge in [-0.3, -0.25) is 4.79 Å². The molecule has 0 radical (unpaired) electrons. The van der Waals surface area contributed by atoms with E-state index in [0.717, 1.165) is 0 Å². The van der Waals surface area contributed by atoms with E-state index >= 15 is 0 Å². The molecule has 0 atom stereocenters. The minimum atomic E-state index is -0.333. The molecule has 0 fully saturated rings. The molecule has 0 aliphatic heterocycles. The molecule has 0 aromatic carbocycles. The summed E-state index contributed by atoms with van der Waals surface area (Å²) in [5.41, 5.74) is 5.72. The van der Waals surface area contributed by atoms with Crippen LogP contribution in [0.15, 0.2) is 42.7 Å². The fourth-order valence-electron chi connectivity index (χ4n) is 0.980. The van der Waals surface area contributed by atoms with Gasteiger partial charge in [-0.2, -0.15) is 0 Å². The second kappa shape index (κ2) is 4.30. The van der Waals surface area contributed by atoms with E-state index in [1.54, 1.807) is 0 Å². The monoisotopic (exact) mass is 176 g/mol. The second-order valence-electron chi connectivity index (χ2n) is 2.65. The van der Waals surface area contributed by atoms with Crippen LogP contribution in [0, 0.1) is 0 Å². The van der Waals surface area contributed by atoms with E-state index < -0.39 is 0 Å². The lowest BCUT2D eigenvalue weighted by molar-refractivity contribution is -0.115. The van der Waals surface area contributed by atoms with Crippen LogP contribution in [0.25, 0.3) is 5.52 Å². The van der Waals surface area contributed by atoms with Gasteiger partial charge in [-0.25, -0.2) is 0 Å². The maximum atomic E-state index is 9.22. The summed E-state index contributed by atoms with van der Waals surface area (Å²) in [5.74, 6) is -0.333. The number of fused-ring (bicyclic) bond motifs is 1. The van der Waals surface area contributed by atoms with Gasteiger partial charge in [-0.15, -0.1) is 0 Å². The molecular weight excluding hydrogens is 164 g/mol. The van der Waals surface area contributed by atoms with Gasteiger partial charge in [0.25, 0.3) is 0 Å². The van der Waals surface area contributed by atoms with E-state index in [0.29, 0.717) is 0 Å². The Kier molecular flexibility index (Phi) is 3.09. The third-order valence-corrected chi connectivity index (χ3v) is 1.44. The average Bonchev–Trinajstić information content (AvgIpc) is 2.49. The van der Waals surface area contributed by atoms with Crippen LogP contribution in [0.5, 0.6) is 0 Å². The molecule has 2 heterocycles. The first-order valence-corrected chi connectivity index (χ1v) is 3.98. The third kappa shape index (κ3) is 2.99. The van der Waals surface area contributed by atoms with Crippen LogP contribution in [0.2, 0.25) is 0 Å². The molecule has 13 heavy (non-hydrogen) atoms. The van der Waals surface area contributed by atoms with Crippen molar-refractivity contribution < 1.29 is 4.79 Å². The zero-order chi connectivity index (χ0) is 9.68. The van der Waals surface area contributed by atoms with Crippen LogP contribution in [-0.4, -0.2) is 10.3 Å². The number of rotatable bonds is 0. The van der Waals surface area contributed by atoms with Crippen LogP contribution in [0.3, 0.4) is 0 Å². The van der Waals surface area contributed by atoms with Crippen LogP contribution < -0.4 is 5.73 Å². The lowest BCUT2D eigenvalue weighted by atomic mass is 10.4. The van der Waals surface area contributed by atoms with Crippen molar-refractivity contribution in [2.45, 2.75) is 6.92 Å². The summed E-state index contributed by atoms with van der Waals surface area (Å²) in [7, 11) is 0. The summed E-state index contributed by atoms with van der Waals surface area (Å²) < 4.78 is 2.08. The standard InChI is InChI=1S/C8H7N.C2H5NO/c1-2-6-9-7-3-5-8(9)4-1;1-2(3)4/h1-7H;1H3,(H2,3,4). The van der Waals surface area contributed by atoms with Crippen LogP contribution in [-0.2, 0) is 4.79 Å². The van der Waals surface area contributed by atoms with E-state index in [9.17, 15) is 4.79 Å². The van der Waals surface area contributed by atoms with Gasteiger partial charge in [0, 0.05) is 24.8 Å². The normalized spacial score (nSPS) is 9.00. The highest BCUT2D eigenvalue weighted by molar-refractivity contribution is 5.70. The van der Waals surface area contributed by atoms with Crippen molar-refractivity contribution in [2.75, 3.05) is 0 Å². The smallest absolute Gasteiger partial charge is 0.214 e. The summed E-state index contributed by atoms with van der Waals surface area (Å²) in [6, 6.07) is 10.3. The molecule has 3 nitrogen and oxygen atoms in total. The molecule has 0 saturated heterocycles. The van der Waals surface area contributed by atoms with Gasteiger partial charge in [0.15, 0.2) is 0 Å². The Balaban J connectivity index is 0.000000184. The largest absolute Gasteiger partial charge is 0.370 e. The quantitative estimate of drug-likeness (QED) is 0.648. The summed E-state index contributed by atoms with van der Waals surface area (Å²) in [5, 5.41) is 0. The highest BCUT2D eigenvalue weighted by Gasteiger charge is 1.83. The molecule has 3 heteroatoms. The Morgan fingerprint density at radius 2 is 1.77 bits per heavy atom. The van der Waals surface area contributed by atoms with Gasteiger partial charge in [0.2, 0.25) is 5.91 Å². The lowest BCUT2D eigenvalue weighted by Crippen LogP contribution is -2.01. The summed E-state index contributed by atoms with van der Waals surface area (Å²) in [6.45, 7) is 1.31. The van der Waals surface area contributed by atoms with Crippen molar-refractivity contribution in [3.63, 3.8) is 0 Å². The van der Waals surface area contributed by atoms with Crippen molar-refractivity contribution in [1.82, 2.24) is 4.40 Å². The number of hydrogen-bond acceptors (Lipinski definition) is 1. The molecule has 2 N–H and O–H groups in total. The zero-order valence-corrected chi connectivity index (χ0v) is 7.47. The molecule has 2 aromatic rings. The summed E-state index contributed by atoms with van der Waals surface area (Å²) >= 11 is 0. The zero-order valence-electron chi connectivity index (χ0n) is 7.47. The lowest BCUT2D eigenvalue weighted by Gasteiger charge is -1.88. The highest BCUT2D eigenvalue weighted by atomic mass is 16.1. The Hall–Kier alpha value is -1.77. The predicted molar refractivity (Wildman–Crippen MR) is 52.3 cm³/mol. The number of carbonyl (C=O) groups is 1. The molecule has 0 spiro atoms. The van der Waals surface area contributed by atoms with Gasteiger partial charge in [0.1, 0.15) is 0 Å². The number of nitrogens with two attached hydrogens (primary N) is 1. The number of nitrogens with zero attached hydrogens (tertiary/aromatic N) is 1. The molecule has 0 aliphatic carbocycles. The highest BCUT2D eigenvalue weighted by Crippen LogP contribution is 2.01. The van der Waals surface area contributed by atoms with E-state index in [1.807, 2.05) is 30.6 Å². The molecule has 0 saturated carbocycles. The van der Waals surface area contributed by atoms with Gasteiger partial charge in [-0.05, 0) is 24.3 Å². The number of pyridine rings is 1. The summed E-state index contributed by atoms with van der Waals surface area (Å²) in [6.07, 6.45) is 4.07. The Labute approximate surface area is 76.8 Å². The van der Waals surface area contributed by atoms with Gasteiger partial charge in [0.05, 0.1) is 0 Å². The van der Waals surface area contributed by atoms with Crippen molar-refractivity contribution in [1.29, 1.82) is 0 Å². The molecular formula is C10H12N2O. The Morgan fingerprint density at radius 3 is 2.38 bits per heavy atom. The van der Waals surface area contributed by atoms with Crippen molar-refractivity contribution in [2.24, 2.45) is 5.73 Å². The number of amides is 1. The van der Waals surface area contributed by atoms with E-state index in [1.165, 1.54) is 12.4 Å². The van der Waals surface area contributed by atoms with Crippen LogP contribution in [0.4, 0.5) is 0 Å². The van der Waals surface area contributed by atoms with Gasteiger partial charge >= 0.3 is 0 Å². The average molecular weight is 176 g/mol. The molecule has 0 bridgehead atoms. The van der Waals surface area contributed by atoms with Crippen LogP contribution >= 0.6 is 0 Å². The van der Waals surface area contributed by atoms with E-state index in [2.05, 4.69) is 22.3 Å². The molecule has 1 amide bonds. The SMILES string of the molecule is CC(N)=O.c1ccn2cccc2c1. The number of carbonyl (C=O) groups excluding carboxylic acids is 1. The molecule has 2 aromatic heterocycles. The Bertz CT molecular complexity index is 358. The maximum absolute atomic E-state index is 9.22. The van der Waals surface area contributed by atoms with E-state index in [-0.39, 0.29) is 5.91 Å². The fraction of sp³-hybridized carbons (Fsp3) is 0.100. The van der Waals surface area contributed by atoms with E-state index in [4.69, 9.17) is 0 Å². The second-order valence-corrected chi connectivity index (χ2v) is 2.65. The molecule has 68 valence electrons. The van der Waals surface area contributed by atoms with Gasteiger partial charge < -0.3 is 10.1 Å². The third-order valence-electron chi connectivity index (χ3n) is 1.44. The summed E-state index contributed by atoms with van der Waals surface area (Å²) in [4.78, 5) is 9.22. The first kappa shape index (κ1) is 9.32. The van der Waals surface area contributed by atoms with Gasteiger partial charge in [-0.1, -0.05) is 6.07 Å².